The summed E-state index contributed by atoms with van der Waals surface area (Å²) in [6.07, 6.45) is 0.994. The van der Waals surface area contributed by atoms with Gasteiger partial charge in [0.15, 0.2) is 9.84 Å². The van der Waals surface area contributed by atoms with Gasteiger partial charge in [0.25, 0.3) is 0 Å². The maximum atomic E-state index is 11.9. The molecule has 1 atom stereocenters. The molecule has 0 amide bonds. The number of hydrogen-bond acceptors (Lipinski definition) is 3. The molecule has 19 heavy (non-hydrogen) atoms. The standard InChI is InChI=1S/C15H25NO2S/c1-5-7-16-15(11-19(17,18)6-2)14-9-12(3)8-13(4)10-14/h8-10,15-16H,5-7,11H2,1-4H3. The predicted octanol–water partition coefficient (Wildman–Crippen LogP) is 2.78. The summed E-state index contributed by atoms with van der Waals surface area (Å²) in [7, 11) is -2.99. The molecule has 1 rings (SSSR count). The summed E-state index contributed by atoms with van der Waals surface area (Å²) < 4.78 is 23.8. The van der Waals surface area contributed by atoms with Gasteiger partial charge in [-0.2, -0.15) is 0 Å². The summed E-state index contributed by atoms with van der Waals surface area (Å²) in [6.45, 7) is 8.70. The highest BCUT2D eigenvalue weighted by atomic mass is 32.2. The highest BCUT2D eigenvalue weighted by molar-refractivity contribution is 7.91. The van der Waals surface area contributed by atoms with Crippen LogP contribution >= 0.6 is 0 Å². The molecule has 0 spiro atoms. The van der Waals surface area contributed by atoms with Crippen molar-refractivity contribution in [2.24, 2.45) is 0 Å². The van der Waals surface area contributed by atoms with Crippen molar-refractivity contribution in [2.75, 3.05) is 18.1 Å². The second-order valence-electron chi connectivity index (χ2n) is 5.13. The van der Waals surface area contributed by atoms with E-state index in [1.54, 1.807) is 6.92 Å². The van der Waals surface area contributed by atoms with E-state index in [0.29, 0.717) is 0 Å². The third kappa shape index (κ3) is 5.33. The van der Waals surface area contributed by atoms with Crippen molar-refractivity contribution >= 4 is 9.84 Å². The van der Waals surface area contributed by atoms with Crippen LogP contribution < -0.4 is 5.32 Å². The van der Waals surface area contributed by atoms with Crippen LogP contribution in [0.5, 0.6) is 0 Å². The molecule has 1 aromatic rings. The highest BCUT2D eigenvalue weighted by Gasteiger charge is 2.19. The molecule has 108 valence electrons. The molecule has 1 aromatic carbocycles. The Morgan fingerprint density at radius 2 is 1.68 bits per heavy atom. The zero-order valence-corrected chi connectivity index (χ0v) is 13.2. The molecule has 1 unspecified atom stereocenters. The summed E-state index contributed by atoms with van der Waals surface area (Å²) in [5.74, 6) is 0.370. The van der Waals surface area contributed by atoms with Crippen LogP contribution in [0.15, 0.2) is 18.2 Å². The molecule has 0 heterocycles. The fourth-order valence-electron chi connectivity index (χ4n) is 2.17. The van der Waals surface area contributed by atoms with Crippen LogP contribution in [0.4, 0.5) is 0 Å². The normalized spacial score (nSPS) is 13.5. The Morgan fingerprint density at radius 3 is 2.16 bits per heavy atom. The average Bonchev–Trinajstić information content (AvgIpc) is 2.33. The maximum Gasteiger partial charge on any atom is 0.151 e. The molecule has 0 aliphatic rings. The van der Waals surface area contributed by atoms with E-state index in [1.165, 1.54) is 11.1 Å². The lowest BCUT2D eigenvalue weighted by molar-refractivity contribution is 0.546. The molecule has 0 saturated carbocycles. The Hall–Kier alpha value is -0.870. The van der Waals surface area contributed by atoms with Gasteiger partial charge in [-0.3, -0.25) is 0 Å². The van der Waals surface area contributed by atoms with Gasteiger partial charge in [-0.05, 0) is 32.4 Å². The zero-order valence-electron chi connectivity index (χ0n) is 12.4. The third-order valence-electron chi connectivity index (χ3n) is 3.15. The van der Waals surface area contributed by atoms with Crippen LogP contribution in [0.25, 0.3) is 0 Å². The van der Waals surface area contributed by atoms with Gasteiger partial charge in [-0.1, -0.05) is 43.2 Å². The van der Waals surface area contributed by atoms with E-state index in [-0.39, 0.29) is 17.5 Å². The first kappa shape index (κ1) is 16.2. The number of sulfone groups is 1. The summed E-state index contributed by atoms with van der Waals surface area (Å²) in [6, 6.07) is 6.15. The molecule has 0 radical (unpaired) electrons. The Bertz CT molecular complexity index is 489. The van der Waals surface area contributed by atoms with E-state index in [2.05, 4.69) is 30.4 Å². The summed E-state index contributed by atoms with van der Waals surface area (Å²) in [5.41, 5.74) is 3.42. The van der Waals surface area contributed by atoms with E-state index in [9.17, 15) is 8.42 Å². The van der Waals surface area contributed by atoms with Crippen molar-refractivity contribution in [3.63, 3.8) is 0 Å². The van der Waals surface area contributed by atoms with Crippen LogP contribution in [-0.4, -0.2) is 26.5 Å². The first-order valence-electron chi connectivity index (χ1n) is 6.90. The van der Waals surface area contributed by atoms with Crippen molar-refractivity contribution in [2.45, 2.75) is 40.2 Å². The fraction of sp³-hybridized carbons (Fsp3) is 0.600. The molecule has 0 aliphatic heterocycles. The van der Waals surface area contributed by atoms with E-state index in [0.717, 1.165) is 18.5 Å². The van der Waals surface area contributed by atoms with Gasteiger partial charge >= 0.3 is 0 Å². The lowest BCUT2D eigenvalue weighted by atomic mass is 10.0. The third-order valence-corrected chi connectivity index (χ3v) is 4.87. The number of aryl methyl sites for hydroxylation is 2. The molecule has 3 nitrogen and oxygen atoms in total. The van der Waals surface area contributed by atoms with Crippen molar-refractivity contribution < 1.29 is 8.42 Å². The van der Waals surface area contributed by atoms with E-state index in [1.807, 2.05) is 13.8 Å². The molecule has 0 aromatic heterocycles. The Labute approximate surface area is 117 Å². The molecule has 4 heteroatoms. The number of hydrogen-bond donors (Lipinski definition) is 1. The van der Waals surface area contributed by atoms with E-state index in [4.69, 9.17) is 0 Å². The van der Waals surface area contributed by atoms with Crippen molar-refractivity contribution in [3.05, 3.63) is 34.9 Å². The maximum absolute atomic E-state index is 11.9. The molecule has 0 saturated heterocycles. The van der Waals surface area contributed by atoms with Crippen LogP contribution in [0.2, 0.25) is 0 Å². The van der Waals surface area contributed by atoms with Crippen LogP contribution in [0.3, 0.4) is 0 Å². The number of benzene rings is 1. The fourth-order valence-corrected chi connectivity index (χ4v) is 3.23. The Morgan fingerprint density at radius 1 is 1.11 bits per heavy atom. The summed E-state index contributed by atoms with van der Waals surface area (Å²) in [4.78, 5) is 0. The molecular weight excluding hydrogens is 258 g/mol. The molecular formula is C15H25NO2S. The molecule has 1 N–H and O–H groups in total. The van der Waals surface area contributed by atoms with Gasteiger partial charge in [0.1, 0.15) is 0 Å². The number of rotatable bonds is 7. The van der Waals surface area contributed by atoms with Crippen molar-refractivity contribution in [3.8, 4) is 0 Å². The molecule has 0 fully saturated rings. The molecule has 0 bridgehead atoms. The first-order chi connectivity index (χ1) is 8.88. The van der Waals surface area contributed by atoms with Gasteiger partial charge in [0, 0.05) is 11.8 Å². The van der Waals surface area contributed by atoms with Crippen molar-refractivity contribution in [1.82, 2.24) is 5.32 Å². The minimum atomic E-state index is -2.99. The topological polar surface area (TPSA) is 46.2 Å². The monoisotopic (exact) mass is 283 g/mol. The number of nitrogens with one attached hydrogen (secondary N) is 1. The van der Waals surface area contributed by atoms with Crippen LogP contribution in [0, 0.1) is 13.8 Å². The Kier molecular flexibility index (Phi) is 6.01. The minimum Gasteiger partial charge on any atom is -0.309 e. The Balaban J connectivity index is 3.01. The summed E-state index contributed by atoms with van der Waals surface area (Å²) in [5, 5.41) is 3.35. The SMILES string of the molecule is CCCNC(CS(=O)(=O)CC)c1cc(C)cc(C)c1. The van der Waals surface area contributed by atoms with Gasteiger partial charge in [-0.25, -0.2) is 8.42 Å². The second-order valence-corrected chi connectivity index (χ2v) is 7.52. The van der Waals surface area contributed by atoms with Crippen LogP contribution in [-0.2, 0) is 9.84 Å². The van der Waals surface area contributed by atoms with E-state index >= 15 is 0 Å². The zero-order chi connectivity index (χ0) is 14.5. The predicted molar refractivity (Wildman–Crippen MR) is 81.3 cm³/mol. The molecule has 0 aliphatic carbocycles. The minimum absolute atomic E-state index is 0.108. The largest absolute Gasteiger partial charge is 0.309 e. The average molecular weight is 283 g/mol. The van der Waals surface area contributed by atoms with Crippen LogP contribution in [0.1, 0.15) is 43.0 Å². The van der Waals surface area contributed by atoms with Gasteiger partial charge in [-0.15, -0.1) is 0 Å². The van der Waals surface area contributed by atoms with Gasteiger partial charge in [0.05, 0.1) is 5.75 Å². The second kappa shape index (κ2) is 7.06. The smallest absolute Gasteiger partial charge is 0.151 e. The lowest BCUT2D eigenvalue weighted by Gasteiger charge is -2.20. The highest BCUT2D eigenvalue weighted by Crippen LogP contribution is 2.19. The van der Waals surface area contributed by atoms with Gasteiger partial charge < -0.3 is 5.32 Å². The first-order valence-corrected chi connectivity index (χ1v) is 8.72. The lowest BCUT2D eigenvalue weighted by Crippen LogP contribution is -2.29. The summed E-state index contributed by atoms with van der Waals surface area (Å²) >= 11 is 0. The van der Waals surface area contributed by atoms with Crippen molar-refractivity contribution in [1.29, 1.82) is 0 Å². The van der Waals surface area contributed by atoms with Gasteiger partial charge in [0.2, 0.25) is 0 Å². The van der Waals surface area contributed by atoms with E-state index < -0.39 is 9.84 Å². The quantitative estimate of drug-likeness (QED) is 0.837.